The number of amides is 1. The second kappa shape index (κ2) is 10.5. The van der Waals surface area contributed by atoms with Crippen LogP contribution < -0.4 is 10.1 Å². The first-order chi connectivity index (χ1) is 16.7. The van der Waals surface area contributed by atoms with E-state index in [1.54, 1.807) is 31.0 Å². The number of sulfonamides is 1. The Morgan fingerprint density at radius 1 is 1.26 bits per heavy atom. The SMILES string of the molecule is COc1cccc(CNC(=O)c2cc(-c3cn(C[C@@H]4CN(S(C)(=O)=O)CCO4)nn3)nc(C)n2)c1. The number of carbonyl (C=O) groups excluding carboxylic acids is 1. The van der Waals surface area contributed by atoms with Gasteiger partial charge in [0.2, 0.25) is 10.0 Å². The number of rotatable bonds is 8. The predicted molar refractivity (Wildman–Crippen MR) is 126 cm³/mol. The van der Waals surface area contributed by atoms with Gasteiger partial charge in [-0.3, -0.25) is 4.79 Å². The molecule has 13 heteroatoms. The summed E-state index contributed by atoms with van der Waals surface area (Å²) in [6, 6.07) is 8.99. The van der Waals surface area contributed by atoms with Gasteiger partial charge in [-0.2, -0.15) is 4.31 Å². The molecule has 1 aliphatic rings. The molecule has 4 rings (SSSR count). The minimum Gasteiger partial charge on any atom is -0.497 e. The predicted octanol–water partition coefficient (Wildman–Crippen LogP) is 0.643. The van der Waals surface area contributed by atoms with Crippen molar-refractivity contribution in [3.8, 4) is 17.1 Å². The average Bonchev–Trinajstić information content (AvgIpc) is 3.30. The van der Waals surface area contributed by atoms with Crippen LogP contribution in [0.1, 0.15) is 21.9 Å². The summed E-state index contributed by atoms with van der Waals surface area (Å²) in [6.07, 6.45) is 2.52. The third kappa shape index (κ3) is 6.38. The quantitative estimate of drug-likeness (QED) is 0.471. The Hall–Kier alpha value is -3.42. The molecule has 0 radical (unpaired) electrons. The highest BCUT2D eigenvalue weighted by Gasteiger charge is 2.27. The Bertz CT molecular complexity index is 1310. The van der Waals surface area contributed by atoms with Crippen LogP contribution >= 0.6 is 0 Å². The number of benzene rings is 1. The molecule has 2 aromatic heterocycles. The van der Waals surface area contributed by atoms with Crippen molar-refractivity contribution in [3.05, 3.63) is 53.6 Å². The van der Waals surface area contributed by atoms with Gasteiger partial charge in [-0.1, -0.05) is 17.3 Å². The molecule has 3 heterocycles. The lowest BCUT2D eigenvalue weighted by atomic mass is 10.2. The molecule has 1 fully saturated rings. The first-order valence-corrected chi connectivity index (χ1v) is 12.8. The highest BCUT2D eigenvalue weighted by Crippen LogP contribution is 2.17. The lowest BCUT2D eigenvalue weighted by Gasteiger charge is -2.30. The topological polar surface area (TPSA) is 141 Å². The van der Waals surface area contributed by atoms with Gasteiger partial charge in [0.1, 0.15) is 23.0 Å². The number of carbonyl (C=O) groups is 1. The number of ether oxygens (including phenoxy) is 2. The smallest absolute Gasteiger partial charge is 0.270 e. The van der Waals surface area contributed by atoms with Gasteiger partial charge in [0.05, 0.1) is 44.5 Å². The number of aryl methyl sites for hydroxylation is 1. The summed E-state index contributed by atoms with van der Waals surface area (Å²) in [7, 11) is -1.70. The zero-order valence-electron chi connectivity index (χ0n) is 19.7. The fourth-order valence-corrected chi connectivity index (χ4v) is 4.53. The maximum Gasteiger partial charge on any atom is 0.270 e. The number of nitrogens with zero attached hydrogens (tertiary/aromatic N) is 6. The van der Waals surface area contributed by atoms with E-state index >= 15 is 0 Å². The Morgan fingerprint density at radius 2 is 2.09 bits per heavy atom. The molecule has 0 bridgehead atoms. The standard InChI is InChI=1S/C22H27N7O5S/c1-15-24-19(10-20(25-15)22(30)23-11-16-5-4-6-17(9-16)33-2)21-14-28(27-26-21)12-18-13-29(7-8-34-18)35(3,31)32/h4-6,9-10,14,18H,7-8,11-13H2,1-3H3,(H,23,30)/t18-/m1/s1. The van der Waals surface area contributed by atoms with Crippen molar-refractivity contribution in [2.24, 2.45) is 0 Å². The van der Waals surface area contributed by atoms with Crippen LogP contribution in [0.2, 0.25) is 0 Å². The molecule has 1 saturated heterocycles. The first kappa shape index (κ1) is 24.7. The summed E-state index contributed by atoms with van der Waals surface area (Å²) in [5, 5.41) is 11.1. The molecule has 0 unspecified atom stereocenters. The van der Waals surface area contributed by atoms with Crippen molar-refractivity contribution in [1.29, 1.82) is 0 Å². The van der Waals surface area contributed by atoms with Gasteiger partial charge in [0, 0.05) is 19.6 Å². The molecule has 0 spiro atoms. The van der Waals surface area contributed by atoms with E-state index in [0.29, 0.717) is 49.2 Å². The Labute approximate surface area is 203 Å². The molecule has 1 aliphatic heterocycles. The van der Waals surface area contributed by atoms with Crippen molar-refractivity contribution in [3.63, 3.8) is 0 Å². The molecule has 3 aromatic rings. The van der Waals surface area contributed by atoms with E-state index in [-0.39, 0.29) is 24.2 Å². The summed E-state index contributed by atoms with van der Waals surface area (Å²) in [5.41, 5.74) is 2.03. The zero-order valence-corrected chi connectivity index (χ0v) is 20.5. The molecule has 35 heavy (non-hydrogen) atoms. The summed E-state index contributed by atoms with van der Waals surface area (Å²) in [5.74, 6) is 0.786. The minimum absolute atomic E-state index is 0.212. The maximum absolute atomic E-state index is 12.7. The van der Waals surface area contributed by atoms with Crippen LogP contribution in [-0.2, 0) is 27.8 Å². The number of hydrogen-bond acceptors (Lipinski definition) is 9. The van der Waals surface area contributed by atoms with Crippen LogP contribution in [0.5, 0.6) is 5.75 Å². The summed E-state index contributed by atoms with van der Waals surface area (Å²) < 4.78 is 37.5. The van der Waals surface area contributed by atoms with E-state index in [0.717, 1.165) is 5.56 Å². The highest BCUT2D eigenvalue weighted by atomic mass is 32.2. The van der Waals surface area contributed by atoms with Crippen LogP contribution in [0.4, 0.5) is 0 Å². The molecule has 0 saturated carbocycles. The fourth-order valence-electron chi connectivity index (χ4n) is 3.69. The third-order valence-electron chi connectivity index (χ3n) is 5.42. The monoisotopic (exact) mass is 501 g/mol. The Kier molecular flexibility index (Phi) is 7.38. The van der Waals surface area contributed by atoms with Gasteiger partial charge in [-0.15, -0.1) is 5.10 Å². The minimum atomic E-state index is -3.29. The van der Waals surface area contributed by atoms with Crippen LogP contribution in [0.3, 0.4) is 0 Å². The molecule has 1 N–H and O–H groups in total. The number of morpholine rings is 1. The van der Waals surface area contributed by atoms with Crippen LogP contribution in [-0.4, -0.2) is 82.8 Å². The van der Waals surface area contributed by atoms with E-state index in [9.17, 15) is 13.2 Å². The summed E-state index contributed by atoms with van der Waals surface area (Å²) >= 11 is 0. The molecule has 0 aliphatic carbocycles. The Balaban J connectivity index is 1.43. The molecule has 12 nitrogen and oxygen atoms in total. The van der Waals surface area contributed by atoms with E-state index in [1.807, 2.05) is 24.3 Å². The van der Waals surface area contributed by atoms with Gasteiger partial charge in [-0.05, 0) is 30.7 Å². The molecule has 1 aromatic carbocycles. The largest absolute Gasteiger partial charge is 0.497 e. The van der Waals surface area contributed by atoms with Crippen LogP contribution in [0.25, 0.3) is 11.4 Å². The van der Waals surface area contributed by atoms with Gasteiger partial charge in [0.25, 0.3) is 5.91 Å². The van der Waals surface area contributed by atoms with E-state index < -0.39 is 10.0 Å². The zero-order chi connectivity index (χ0) is 25.0. The number of methoxy groups -OCH3 is 1. The lowest BCUT2D eigenvalue weighted by Crippen LogP contribution is -2.46. The molecular formula is C22H27N7O5S. The highest BCUT2D eigenvalue weighted by molar-refractivity contribution is 7.88. The number of hydrogen-bond donors (Lipinski definition) is 1. The van der Waals surface area contributed by atoms with Gasteiger partial charge >= 0.3 is 0 Å². The molecular weight excluding hydrogens is 474 g/mol. The van der Waals surface area contributed by atoms with E-state index in [4.69, 9.17) is 9.47 Å². The van der Waals surface area contributed by atoms with Gasteiger partial charge in [0.15, 0.2) is 0 Å². The maximum atomic E-state index is 12.7. The van der Waals surface area contributed by atoms with Crippen molar-refractivity contribution in [2.45, 2.75) is 26.1 Å². The lowest BCUT2D eigenvalue weighted by molar-refractivity contribution is -0.0120. The molecule has 1 amide bonds. The fraction of sp³-hybridized carbons (Fsp3) is 0.409. The first-order valence-electron chi connectivity index (χ1n) is 11.0. The van der Waals surface area contributed by atoms with Crippen molar-refractivity contribution >= 4 is 15.9 Å². The van der Waals surface area contributed by atoms with E-state index in [1.165, 1.54) is 10.6 Å². The van der Waals surface area contributed by atoms with E-state index in [2.05, 4.69) is 25.6 Å². The normalized spacial score (nSPS) is 16.7. The number of aromatic nitrogens is 5. The van der Waals surface area contributed by atoms with Crippen molar-refractivity contribution in [1.82, 2.24) is 34.6 Å². The summed E-state index contributed by atoms with van der Waals surface area (Å²) in [6.45, 7) is 3.24. The van der Waals surface area contributed by atoms with Gasteiger partial charge < -0.3 is 14.8 Å². The molecule has 186 valence electrons. The number of nitrogens with one attached hydrogen (secondary N) is 1. The van der Waals surface area contributed by atoms with Crippen LogP contribution in [0.15, 0.2) is 36.5 Å². The Morgan fingerprint density at radius 3 is 2.86 bits per heavy atom. The molecule has 1 atom stereocenters. The summed E-state index contributed by atoms with van der Waals surface area (Å²) in [4.78, 5) is 21.4. The van der Waals surface area contributed by atoms with Crippen molar-refractivity contribution < 1.29 is 22.7 Å². The second-order valence-corrected chi connectivity index (χ2v) is 10.1. The average molecular weight is 502 g/mol. The second-order valence-electron chi connectivity index (χ2n) is 8.16. The van der Waals surface area contributed by atoms with Crippen LogP contribution in [0, 0.1) is 6.92 Å². The third-order valence-corrected chi connectivity index (χ3v) is 6.69. The van der Waals surface area contributed by atoms with Crippen molar-refractivity contribution in [2.75, 3.05) is 33.1 Å². The van der Waals surface area contributed by atoms with Gasteiger partial charge in [-0.25, -0.2) is 23.1 Å².